The van der Waals surface area contributed by atoms with E-state index in [1.807, 2.05) is 19.6 Å². The molecule has 0 bridgehead atoms. The van der Waals surface area contributed by atoms with Crippen molar-refractivity contribution >= 4 is 0 Å². The first-order valence-corrected chi connectivity index (χ1v) is 3.99. The third-order valence-corrected chi connectivity index (χ3v) is 2.46. The molecular formula is C8H13N3. The van der Waals surface area contributed by atoms with Gasteiger partial charge in [-0.3, -0.25) is 0 Å². The van der Waals surface area contributed by atoms with Gasteiger partial charge in [-0.05, 0) is 18.9 Å². The molecule has 1 fully saturated rings. The van der Waals surface area contributed by atoms with E-state index in [4.69, 9.17) is 5.73 Å². The van der Waals surface area contributed by atoms with E-state index in [1.165, 1.54) is 12.1 Å². The average molecular weight is 151 g/mol. The Labute approximate surface area is 66.2 Å². The molecule has 2 N–H and O–H groups in total. The molecule has 60 valence electrons. The molecule has 2 rings (SSSR count). The third kappa shape index (κ3) is 1.05. The number of nitrogens with two attached hydrogens (primary N) is 1. The van der Waals surface area contributed by atoms with Gasteiger partial charge in [-0.15, -0.1) is 0 Å². The van der Waals surface area contributed by atoms with Gasteiger partial charge in [0.05, 0.1) is 6.33 Å². The molecule has 1 heterocycles. The lowest BCUT2D eigenvalue weighted by Gasteiger charge is -1.98. The summed E-state index contributed by atoms with van der Waals surface area (Å²) < 4.78 is 2.08. The summed E-state index contributed by atoms with van der Waals surface area (Å²) in [6, 6.07) is 0. The van der Waals surface area contributed by atoms with Gasteiger partial charge in [0.2, 0.25) is 0 Å². The SMILES string of the molecule is Cn1cncc1[C@@H]1C[C@H]1CN. The molecule has 1 aromatic rings. The highest BCUT2D eigenvalue weighted by molar-refractivity contribution is 5.16. The third-order valence-electron chi connectivity index (χ3n) is 2.46. The molecule has 1 aromatic heterocycles. The number of hydrogen-bond donors (Lipinski definition) is 1. The van der Waals surface area contributed by atoms with Crippen molar-refractivity contribution in [2.75, 3.05) is 6.54 Å². The number of rotatable bonds is 2. The van der Waals surface area contributed by atoms with E-state index in [0.29, 0.717) is 11.8 Å². The molecule has 0 unspecified atom stereocenters. The van der Waals surface area contributed by atoms with Crippen molar-refractivity contribution in [3.05, 3.63) is 18.2 Å². The summed E-state index contributed by atoms with van der Waals surface area (Å²) in [5.41, 5.74) is 6.88. The van der Waals surface area contributed by atoms with E-state index in [-0.39, 0.29) is 0 Å². The van der Waals surface area contributed by atoms with Crippen LogP contribution in [-0.4, -0.2) is 16.1 Å². The lowest BCUT2D eigenvalue weighted by molar-refractivity contribution is 0.756. The Morgan fingerprint density at radius 3 is 3.09 bits per heavy atom. The van der Waals surface area contributed by atoms with Crippen LogP contribution in [0.5, 0.6) is 0 Å². The van der Waals surface area contributed by atoms with Crippen molar-refractivity contribution in [3.63, 3.8) is 0 Å². The first-order valence-electron chi connectivity index (χ1n) is 3.99. The van der Waals surface area contributed by atoms with E-state index < -0.39 is 0 Å². The second-order valence-corrected chi connectivity index (χ2v) is 3.27. The Morgan fingerprint density at radius 2 is 2.64 bits per heavy atom. The Bertz CT molecular complexity index is 254. The van der Waals surface area contributed by atoms with E-state index >= 15 is 0 Å². The highest BCUT2D eigenvalue weighted by atomic mass is 15.0. The molecule has 0 spiro atoms. The second kappa shape index (κ2) is 2.34. The van der Waals surface area contributed by atoms with E-state index in [0.717, 1.165) is 6.54 Å². The van der Waals surface area contributed by atoms with Crippen LogP contribution in [0.2, 0.25) is 0 Å². The van der Waals surface area contributed by atoms with Gasteiger partial charge in [0, 0.05) is 24.9 Å². The number of hydrogen-bond acceptors (Lipinski definition) is 2. The van der Waals surface area contributed by atoms with Crippen molar-refractivity contribution in [3.8, 4) is 0 Å². The summed E-state index contributed by atoms with van der Waals surface area (Å²) in [6.07, 6.45) is 5.04. The Hall–Kier alpha value is -0.830. The standard InChI is InChI=1S/C8H13N3/c1-11-5-10-4-8(11)7-2-6(7)3-9/h4-7H,2-3,9H2,1H3/t6-,7+/m0/s1. The molecule has 1 aliphatic carbocycles. The molecule has 1 saturated carbocycles. The maximum atomic E-state index is 5.55. The van der Waals surface area contributed by atoms with E-state index in [2.05, 4.69) is 9.55 Å². The fraction of sp³-hybridized carbons (Fsp3) is 0.625. The highest BCUT2D eigenvalue weighted by Gasteiger charge is 2.38. The predicted octanol–water partition coefficient (Wildman–Crippen LogP) is 0.482. The summed E-state index contributed by atoms with van der Waals surface area (Å²) in [5.74, 6) is 1.40. The topological polar surface area (TPSA) is 43.8 Å². The smallest absolute Gasteiger partial charge is 0.0945 e. The lowest BCUT2D eigenvalue weighted by atomic mass is 10.2. The zero-order valence-corrected chi connectivity index (χ0v) is 6.70. The first kappa shape index (κ1) is 6.85. The Balaban J connectivity index is 2.14. The molecule has 3 nitrogen and oxygen atoms in total. The summed E-state index contributed by atoms with van der Waals surface area (Å²) >= 11 is 0. The van der Waals surface area contributed by atoms with Gasteiger partial charge in [-0.2, -0.15) is 0 Å². The molecule has 0 aliphatic heterocycles. The van der Waals surface area contributed by atoms with Gasteiger partial charge < -0.3 is 10.3 Å². The summed E-state index contributed by atoms with van der Waals surface area (Å²) in [6.45, 7) is 0.815. The minimum absolute atomic E-state index is 0.687. The molecule has 3 heteroatoms. The van der Waals surface area contributed by atoms with Crippen LogP contribution >= 0.6 is 0 Å². The molecule has 0 amide bonds. The largest absolute Gasteiger partial charge is 0.337 e. The quantitative estimate of drug-likeness (QED) is 0.668. The van der Waals surface area contributed by atoms with Gasteiger partial charge in [-0.1, -0.05) is 0 Å². The number of nitrogens with zero attached hydrogens (tertiary/aromatic N) is 2. The second-order valence-electron chi connectivity index (χ2n) is 3.27. The Kier molecular flexibility index (Phi) is 1.46. The monoisotopic (exact) mass is 151 g/mol. The normalized spacial score (nSPS) is 28.9. The Morgan fingerprint density at radius 1 is 1.82 bits per heavy atom. The predicted molar refractivity (Wildman–Crippen MR) is 43.1 cm³/mol. The van der Waals surface area contributed by atoms with Crippen LogP contribution in [0, 0.1) is 5.92 Å². The zero-order valence-electron chi connectivity index (χ0n) is 6.70. The van der Waals surface area contributed by atoms with Crippen molar-refractivity contribution in [2.45, 2.75) is 12.3 Å². The van der Waals surface area contributed by atoms with Crippen LogP contribution < -0.4 is 5.73 Å². The summed E-state index contributed by atoms with van der Waals surface area (Å²) in [7, 11) is 2.04. The fourth-order valence-corrected chi connectivity index (χ4v) is 1.60. The van der Waals surface area contributed by atoms with Crippen LogP contribution in [0.15, 0.2) is 12.5 Å². The van der Waals surface area contributed by atoms with Crippen molar-refractivity contribution in [2.24, 2.45) is 18.7 Å². The van der Waals surface area contributed by atoms with Crippen molar-refractivity contribution in [1.82, 2.24) is 9.55 Å². The van der Waals surface area contributed by atoms with Crippen molar-refractivity contribution in [1.29, 1.82) is 0 Å². The van der Waals surface area contributed by atoms with Gasteiger partial charge in [0.15, 0.2) is 0 Å². The molecule has 1 aliphatic rings. The van der Waals surface area contributed by atoms with Crippen LogP contribution in [-0.2, 0) is 7.05 Å². The molecule has 0 saturated heterocycles. The minimum atomic E-state index is 0.687. The molecule has 2 atom stereocenters. The molecule has 0 aromatic carbocycles. The first-order chi connectivity index (χ1) is 5.33. The van der Waals surface area contributed by atoms with Crippen LogP contribution in [0.1, 0.15) is 18.0 Å². The van der Waals surface area contributed by atoms with Crippen molar-refractivity contribution < 1.29 is 0 Å². The van der Waals surface area contributed by atoms with Gasteiger partial charge in [-0.25, -0.2) is 4.98 Å². The maximum absolute atomic E-state index is 5.55. The van der Waals surface area contributed by atoms with Crippen LogP contribution in [0.4, 0.5) is 0 Å². The van der Waals surface area contributed by atoms with E-state index in [1.54, 1.807) is 0 Å². The minimum Gasteiger partial charge on any atom is -0.337 e. The number of imidazole rings is 1. The maximum Gasteiger partial charge on any atom is 0.0945 e. The molecule has 11 heavy (non-hydrogen) atoms. The zero-order chi connectivity index (χ0) is 7.84. The number of aryl methyl sites for hydroxylation is 1. The molecular weight excluding hydrogens is 138 g/mol. The van der Waals surface area contributed by atoms with Crippen LogP contribution in [0.25, 0.3) is 0 Å². The van der Waals surface area contributed by atoms with Gasteiger partial charge >= 0.3 is 0 Å². The van der Waals surface area contributed by atoms with E-state index in [9.17, 15) is 0 Å². The van der Waals surface area contributed by atoms with Gasteiger partial charge in [0.25, 0.3) is 0 Å². The summed E-state index contributed by atoms with van der Waals surface area (Å²) in [4.78, 5) is 4.07. The molecule has 0 radical (unpaired) electrons. The lowest BCUT2D eigenvalue weighted by Crippen LogP contribution is -2.03. The van der Waals surface area contributed by atoms with Crippen LogP contribution in [0.3, 0.4) is 0 Å². The average Bonchev–Trinajstić information content (AvgIpc) is 2.68. The summed E-state index contributed by atoms with van der Waals surface area (Å²) in [5, 5.41) is 0. The number of aromatic nitrogens is 2. The van der Waals surface area contributed by atoms with Gasteiger partial charge in [0.1, 0.15) is 0 Å². The fourth-order valence-electron chi connectivity index (χ4n) is 1.60. The highest BCUT2D eigenvalue weighted by Crippen LogP contribution is 2.46.